The molecule has 0 spiro atoms. The van der Waals surface area contributed by atoms with Crippen LogP contribution in [-0.2, 0) is 7.05 Å². The van der Waals surface area contributed by atoms with E-state index in [0.717, 1.165) is 44.5 Å². The van der Waals surface area contributed by atoms with Gasteiger partial charge >= 0.3 is 0 Å². The van der Waals surface area contributed by atoms with Crippen molar-refractivity contribution in [1.82, 2.24) is 14.8 Å². The van der Waals surface area contributed by atoms with Gasteiger partial charge in [-0.15, -0.1) is 0 Å². The summed E-state index contributed by atoms with van der Waals surface area (Å²) >= 11 is 0. The molecule has 0 N–H and O–H groups in total. The summed E-state index contributed by atoms with van der Waals surface area (Å²) in [6.07, 6.45) is 1.94. The van der Waals surface area contributed by atoms with Crippen molar-refractivity contribution in [1.29, 1.82) is 0 Å². The van der Waals surface area contributed by atoms with Gasteiger partial charge in [0, 0.05) is 37.8 Å². The topological polar surface area (TPSA) is 43.2 Å². The molecule has 5 nitrogen and oxygen atoms in total. The van der Waals surface area contributed by atoms with Crippen LogP contribution in [0.25, 0.3) is 33.1 Å². The van der Waals surface area contributed by atoms with Gasteiger partial charge in [0.05, 0.1) is 13.3 Å². The molecule has 0 saturated heterocycles. The average molecular weight is 332 g/mol. The second kappa shape index (κ2) is 5.77. The minimum absolute atomic E-state index is 0.773. The number of rotatable bonds is 3. The Morgan fingerprint density at radius 3 is 2.44 bits per heavy atom. The van der Waals surface area contributed by atoms with E-state index in [0.29, 0.717) is 0 Å². The molecule has 2 aromatic heterocycles. The van der Waals surface area contributed by atoms with Crippen LogP contribution in [0.5, 0.6) is 5.75 Å². The molecule has 2 heterocycles. The Balaban J connectivity index is 2.08. The Morgan fingerprint density at radius 1 is 1.00 bits per heavy atom. The van der Waals surface area contributed by atoms with Crippen molar-refractivity contribution in [2.75, 3.05) is 26.1 Å². The predicted octanol–water partition coefficient (Wildman–Crippen LogP) is 3.86. The third kappa shape index (κ3) is 2.48. The Kier molecular flexibility index (Phi) is 3.57. The Hall–Kier alpha value is -3.08. The van der Waals surface area contributed by atoms with Crippen LogP contribution in [0.15, 0.2) is 48.7 Å². The van der Waals surface area contributed by atoms with E-state index in [-0.39, 0.29) is 0 Å². The second-order valence-corrected chi connectivity index (χ2v) is 6.32. The number of aryl methyl sites for hydroxylation is 1. The monoisotopic (exact) mass is 332 g/mol. The van der Waals surface area contributed by atoms with Gasteiger partial charge in [-0.2, -0.15) is 5.10 Å². The molecular formula is C20H20N4O. The molecule has 0 saturated carbocycles. The van der Waals surface area contributed by atoms with Gasteiger partial charge < -0.3 is 9.64 Å². The number of aromatic nitrogens is 3. The first-order chi connectivity index (χ1) is 12.1. The lowest BCUT2D eigenvalue weighted by Gasteiger charge is -2.14. The average Bonchev–Trinajstić information content (AvgIpc) is 2.98. The van der Waals surface area contributed by atoms with Crippen molar-refractivity contribution < 1.29 is 4.74 Å². The van der Waals surface area contributed by atoms with Gasteiger partial charge in [-0.25, -0.2) is 4.98 Å². The predicted molar refractivity (Wildman–Crippen MR) is 102 cm³/mol. The molecular weight excluding hydrogens is 312 g/mol. The lowest BCUT2D eigenvalue weighted by Crippen LogP contribution is -2.07. The molecule has 0 aliphatic heterocycles. The molecule has 0 aliphatic rings. The van der Waals surface area contributed by atoms with Crippen molar-refractivity contribution >= 4 is 27.6 Å². The number of methoxy groups -OCH3 is 1. The van der Waals surface area contributed by atoms with Crippen molar-refractivity contribution in [3.8, 4) is 16.9 Å². The highest BCUT2D eigenvalue weighted by Gasteiger charge is 2.16. The van der Waals surface area contributed by atoms with E-state index in [1.807, 2.05) is 39.5 Å². The SMILES string of the molecule is COc1cccc2c(-c3ccc(N(C)C)cc3)c3nn(C)cc3nc12. The zero-order chi connectivity index (χ0) is 17.6. The normalized spacial score (nSPS) is 11.2. The molecule has 126 valence electrons. The highest BCUT2D eigenvalue weighted by molar-refractivity contribution is 6.09. The van der Waals surface area contributed by atoms with E-state index in [4.69, 9.17) is 9.72 Å². The zero-order valence-corrected chi connectivity index (χ0v) is 14.8. The lowest BCUT2D eigenvalue weighted by atomic mass is 9.99. The van der Waals surface area contributed by atoms with Gasteiger partial charge in [0.2, 0.25) is 0 Å². The van der Waals surface area contributed by atoms with E-state index in [1.54, 1.807) is 11.8 Å². The maximum absolute atomic E-state index is 5.53. The molecule has 2 aromatic carbocycles. The zero-order valence-electron chi connectivity index (χ0n) is 14.8. The fraction of sp³-hybridized carbons (Fsp3) is 0.200. The first kappa shape index (κ1) is 15.4. The summed E-state index contributed by atoms with van der Waals surface area (Å²) in [4.78, 5) is 6.88. The van der Waals surface area contributed by atoms with Crippen molar-refractivity contribution in [2.45, 2.75) is 0 Å². The van der Waals surface area contributed by atoms with Gasteiger partial charge in [-0.05, 0) is 23.8 Å². The summed E-state index contributed by atoms with van der Waals surface area (Å²) < 4.78 is 7.33. The van der Waals surface area contributed by atoms with Crippen LogP contribution in [0, 0.1) is 0 Å². The number of benzene rings is 2. The summed E-state index contributed by atoms with van der Waals surface area (Å²) in [6.45, 7) is 0. The molecule has 0 unspecified atom stereocenters. The van der Waals surface area contributed by atoms with E-state index in [2.05, 4.69) is 40.3 Å². The maximum Gasteiger partial charge on any atom is 0.145 e. The summed E-state index contributed by atoms with van der Waals surface area (Å²) in [5.41, 5.74) is 6.00. The molecule has 0 fully saturated rings. The van der Waals surface area contributed by atoms with Crippen molar-refractivity contribution in [3.63, 3.8) is 0 Å². The molecule has 4 rings (SSSR count). The fourth-order valence-corrected chi connectivity index (χ4v) is 3.21. The van der Waals surface area contributed by atoms with Gasteiger partial charge in [0.25, 0.3) is 0 Å². The highest BCUT2D eigenvalue weighted by Crippen LogP contribution is 2.37. The molecule has 0 radical (unpaired) electrons. The first-order valence-corrected chi connectivity index (χ1v) is 8.16. The number of nitrogens with zero attached hydrogens (tertiary/aromatic N) is 4. The number of pyridine rings is 1. The number of hydrogen-bond donors (Lipinski definition) is 0. The van der Waals surface area contributed by atoms with Crippen LogP contribution in [0.1, 0.15) is 0 Å². The van der Waals surface area contributed by atoms with Crippen LogP contribution in [0.2, 0.25) is 0 Å². The van der Waals surface area contributed by atoms with Crippen LogP contribution in [0.4, 0.5) is 5.69 Å². The van der Waals surface area contributed by atoms with Crippen LogP contribution >= 0.6 is 0 Å². The fourth-order valence-electron chi connectivity index (χ4n) is 3.21. The molecule has 0 atom stereocenters. The van der Waals surface area contributed by atoms with Gasteiger partial charge in [0.1, 0.15) is 22.3 Å². The highest BCUT2D eigenvalue weighted by atomic mass is 16.5. The smallest absolute Gasteiger partial charge is 0.145 e. The number of fused-ring (bicyclic) bond motifs is 2. The molecule has 0 aliphatic carbocycles. The number of ether oxygens (including phenoxy) is 1. The van der Waals surface area contributed by atoms with Crippen molar-refractivity contribution in [3.05, 3.63) is 48.7 Å². The standard InChI is InChI=1S/C20H20N4O/c1-23(2)14-10-8-13(9-11-14)18-15-6-5-7-17(25-4)19(15)21-16-12-24(3)22-20(16)18/h5-12H,1-4H3. The van der Waals surface area contributed by atoms with Crippen LogP contribution < -0.4 is 9.64 Å². The third-order valence-corrected chi connectivity index (χ3v) is 4.44. The largest absolute Gasteiger partial charge is 0.494 e. The number of anilines is 1. The summed E-state index contributed by atoms with van der Waals surface area (Å²) in [6, 6.07) is 14.5. The summed E-state index contributed by atoms with van der Waals surface area (Å²) in [5.74, 6) is 0.773. The van der Waals surface area contributed by atoms with E-state index < -0.39 is 0 Å². The molecule has 0 amide bonds. The van der Waals surface area contributed by atoms with E-state index >= 15 is 0 Å². The quantitative estimate of drug-likeness (QED) is 0.571. The summed E-state index contributed by atoms with van der Waals surface area (Å²) in [7, 11) is 7.68. The summed E-state index contributed by atoms with van der Waals surface area (Å²) in [5, 5.41) is 5.70. The van der Waals surface area contributed by atoms with Gasteiger partial charge in [-0.1, -0.05) is 24.3 Å². The first-order valence-electron chi connectivity index (χ1n) is 8.16. The van der Waals surface area contributed by atoms with Gasteiger partial charge in [0.15, 0.2) is 0 Å². The Labute approximate surface area is 146 Å². The minimum atomic E-state index is 0.773. The number of para-hydroxylation sites is 1. The third-order valence-electron chi connectivity index (χ3n) is 4.44. The van der Waals surface area contributed by atoms with E-state index in [1.165, 1.54) is 0 Å². The Bertz CT molecular complexity index is 1060. The lowest BCUT2D eigenvalue weighted by molar-refractivity contribution is 0.419. The second-order valence-electron chi connectivity index (χ2n) is 6.32. The molecule has 4 aromatic rings. The number of hydrogen-bond acceptors (Lipinski definition) is 4. The van der Waals surface area contributed by atoms with Gasteiger partial charge in [-0.3, -0.25) is 4.68 Å². The maximum atomic E-state index is 5.53. The minimum Gasteiger partial charge on any atom is -0.494 e. The molecule has 5 heteroatoms. The van der Waals surface area contributed by atoms with Crippen LogP contribution in [-0.4, -0.2) is 36.0 Å². The Morgan fingerprint density at radius 2 is 1.76 bits per heavy atom. The molecule has 0 bridgehead atoms. The van der Waals surface area contributed by atoms with Crippen molar-refractivity contribution in [2.24, 2.45) is 7.05 Å². The molecule has 25 heavy (non-hydrogen) atoms. The van der Waals surface area contributed by atoms with E-state index in [9.17, 15) is 0 Å². The van der Waals surface area contributed by atoms with Crippen LogP contribution in [0.3, 0.4) is 0 Å².